The average Bonchev–Trinajstić information content (AvgIpc) is 3.12. The molecule has 1 aromatic carbocycles. The van der Waals surface area contributed by atoms with Crippen molar-refractivity contribution in [1.29, 1.82) is 0 Å². The van der Waals surface area contributed by atoms with E-state index in [-0.39, 0.29) is 18.4 Å². The van der Waals surface area contributed by atoms with Gasteiger partial charge in [-0.2, -0.15) is 4.80 Å². The number of tetrazole rings is 1. The van der Waals surface area contributed by atoms with Gasteiger partial charge >= 0.3 is 5.97 Å². The van der Waals surface area contributed by atoms with Crippen LogP contribution in [0.1, 0.15) is 32.7 Å². The molecule has 26 heavy (non-hydrogen) atoms. The first-order chi connectivity index (χ1) is 12.5. The summed E-state index contributed by atoms with van der Waals surface area (Å²) < 4.78 is 0. The lowest BCUT2D eigenvalue weighted by molar-refractivity contribution is -0.147. The second-order valence-corrected chi connectivity index (χ2v) is 6.95. The maximum atomic E-state index is 13.1. The van der Waals surface area contributed by atoms with Crippen molar-refractivity contribution in [2.24, 2.45) is 11.8 Å². The van der Waals surface area contributed by atoms with Crippen molar-refractivity contribution in [2.45, 2.75) is 32.7 Å². The van der Waals surface area contributed by atoms with Crippen LogP contribution in [0.3, 0.4) is 0 Å². The van der Waals surface area contributed by atoms with Crippen molar-refractivity contribution in [3.8, 4) is 11.4 Å². The highest BCUT2D eigenvalue weighted by molar-refractivity contribution is 5.81. The van der Waals surface area contributed by atoms with Gasteiger partial charge in [-0.3, -0.25) is 9.59 Å². The molecule has 2 aromatic rings. The Morgan fingerprint density at radius 1 is 1.23 bits per heavy atom. The van der Waals surface area contributed by atoms with Crippen LogP contribution in [-0.2, 0) is 9.59 Å². The van der Waals surface area contributed by atoms with Crippen LogP contribution in [0.4, 0.5) is 0 Å². The van der Waals surface area contributed by atoms with Crippen LogP contribution < -0.4 is 0 Å². The van der Waals surface area contributed by atoms with E-state index in [0.29, 0.717) is 25.2 Å². The van der Waals surface area contributed by atoms with E-state index in [4.69, 9.17) is 0 Å². The minimum atomic E-state index is -0.853. The van der Waals surface area contributed by atoms with Crippen LogP contribution in [0.2, 0.25) is 0 Å². The van der Waals surface area contributed by atoms with Crippen molar-refractivity contribution in [1.82, 2.24) is 25.1 Å². The maximum absolute atomic E-state index is 13.1. The number of carbonyl (C=O) groups excluding carboxylic acids is 1. The number of aromatic nitrogens is 4. The Kier molecular flexibility index (Phi) is 5.29. The van der Waals surface area contributed by atoms with Gasteiger partial charge in [0.15, 0.2) is 6.04 Å². The van der Waals surface area contributed by atoms with Crippen LogP contribution in [0.5, 0.6) is 0 Å². The highest BCUT2D eigenvalue weighted by atomic mass is 16.4. The number of hydrogen-bond donors (Lipinski definition) is 1. The number of piperidine rings is 1. The Hall–Kier alpha value is -2.77. The molecule has 1 aromatic heterocycles. The van der Waals surface area contributed by atoms with Gasteiger partial charge in [0.05, 0.1) is 5.92 Å². The summed E-state index contributed by atoms with van der Waals surface area (Å²) in [6.07, 6.45) is 1.29. The van der Waals surface area contributed by atoms with Gasteiger partial charge in [-0.25, -0.2) is 0 Å². The lowest BCUT2D eigenvalue weighted by atomic mass is 9.96. The number of aliphatic carboxylic acids is 1. The summed E-state index contributed by atoms with van der Waals surface area (Å²) in [5, 5.41) is 21.8. The van der Waals surface area contributed by atoms with Crippen molar-refractivity contribution in [3.05, 3.63) is 30.3 Å². The van der Waals surface area contributed by atoms with E-state index >= 15 is 0 Å². The molecule has 2 heterocycles. The van der Waals surface area contributed by atoms with Crippen LogP contribution in [0, 0.1) is 11.8 Å². The van der Waals surface area contributed by atoms with E-state index in [2.05, 4.69) is 15.4 Å². The first kappa shape index (κ1) is 18.0. The number of amides is 1. The van der Waals surface area contributed by atoms with Crippen LogP contribution >= 0.6 is 0 Å². The van der Waals surface area contributed by atoms with Gasteiger partial charge in [0.1, 0.15) is 0 Å². The maximum Gasteiger partial charge on any atom is 0.308 e. The molecule has 2 atom stereocenters. The molecular weight excluding hydrogens is 334 g/mol. The molecule has 0 saturated carbocycles. The number of carboxylic acid groups (broad SMARTS) is 1. The predicted molar refractivity (Wildman–Crippen MR) is 94.1 cm³/mol. The smallest absolute Gasteiger partial charge is 0.308 e. The fourth-order valence-corrected chi connectivity index (χ4v) is 3.26. The summed E-state index contributed by atoms with van der Waals surface area (Å²) in [7, 11) is 0. The number of benzene rings is 1. The van der Waals surface area contributed by atoms with Gasteiger partial charge in [-0.1, -0.05) is 44.2 Å². The van der Waals surface area contributed by atoms with Crippen molar-refractivity contribution < 1.29 is 14.7 Å². The molecule has 3 rings (SSSR count). The first-order valence-electron chi connectivity index (χ1n) is 8.84. The molecule has 0 spiro atoms. The molecule has 1 N–H and O–H groups in total. The largest absolute Gasteiger partial charge is 0.481 e. The fourth-order valence-electron chi connectivity index (χ4n) is 3.26. The minimum absolute atomic E-state index is 0.0504. The summed E-state index contributed by atoms with van der Waals surface area (Å²) in [5.41, 5.74) is 0.831. The number of nitrogens with zero attached hydrogens (tertiary/aromatic N) is 5. The zero-order valence-electron chi connectivity index (χ0n) is 14.9. The van der Waals surface area contributed by atoms with E-state index in [0.717, 1.165) is 5.56 Å². The molecule has 1 aliphatic heterocycles. The topological polar surface area (TPSA) is 101 Å². The lowest BCUT2D eigenvalue weighted by Gasteiger charge is -2.33. The monoisotopic (exact) mass is 357 g/mol. The van der Waals surface area contributed by atoms with E-state index in [1.165, 1.54) is 4.80 Å². The van der Waals surface area contributed by atoms with Gasteiger partial charge in [-0.05, 0) is 24.0 Å². The Balaban J connectivity index is 1.82. The Morgan fingerprint density at radius 2 is 1.96 bits per heavy atom. The third-order valence-corrected chi connectivity index (χ3v) is 4.68. The molecule has 1 amide bonds. The summed E-state index contributed by atoms with van der Waals surface area (Å²) in [6.45, 7) is 4.64. The highest BCUT2D eigenvalue weighted by Crippen LogP contribution is 2.24. The van der Waals surface area contributed by atoms with E-state index in [9.17, 15) is 14.7 Å². The fraction of sp³-hybridized carbons (Fsp3) is 0.500. The van der Waals surface area contributed by atoms with E-state index in [1.54, 1.807) is 4.90 Å². The molecule has 138 valence electrons. The van der Waals surface area contributed by atoms with E-state index < -0.39 is 17.9 Å². The van der Waals surface area contributed by atoms with Gasteiger partial charge < -0.3 is 10.0 Å². The molecule has 0 unspecified atom stereocenters. The SMILES string of the molecule is CC(C)[C@H](C(=O)N1CCC[C@H](C(=O)O)C1)n1nnc(-c2ccccc2)n1. The van der Waals surface area contributed by atoms with E-state index in [1.807, 2.05) is 44.2 Å². The number of carboxylic acids is 1. The van der Waals surface area contributed by atoms with Gasteiger partial charge in [0.25, 0.3) is 0 Å². The van der Waals surface area contributed by atoms with Crippen LogP contribution in [0.15, 0.2) is 30.3 Å². The number of rotatable bonds is 5. The lowest BCUT2D eigenvalue weighted by Crippen LogP contribution is -2.46. The Morgan fingerprint density at radius 3 is 2.62 bits per heavy atom. The zero-order valence-corrected chi connectivity index (χ0v) is 14.9. The standard InChI is InChI=1S/C18H23N5O3/c1-12(2)15(17(24)22-10-6-9-14(11-22)18(25)26)23-20-16(19-21-23)13-7-4-3-5-8-13/h3-5,7-8,12,14-15H,6,9-11H2,1-2H3,(H,25,26)/t14-,15+/m0/s1. The molecule has 0 aliphatic carbocycles. The minimum Gasteiger partial charge on any atom is -0.481 e. The van der Waals surface area contributed by atoms with Crippen molar-refractivity contribution in [3.63, 3.8) is 0 Å². The molecule has 0 bridgehead atoms. The Bertz CT molecular complexity index is 774. The van der Waals surface area contributed by atoms with Gasteiger partial charge in [0.2, 0.25) is 11.7 Å². The molecule has 0 radical (unpaired) electrons. The Labute approximate surface area is 151 Å². The third-order valence-electron chi connectivity index (χ3n) is 4.68. The summed E-state index contributed by atoms with van der Waals surface area (Å²) in [5.74, 6) is -1.10. The molecule has 1 saturated heterocycles. The molecular formula is C18H23N5O3. The highest BCUT2D eigenvalue weighted by Gasteiger charge is 2.35. The molecule has 1 aliphatic rings. The molecule has 8 nitrogen and oxygen atoms in total. The normalized spacial score (nSPS) is 18.7. The quantitative estimate of drug-likeness (QED) is 0.876. The number of carbonyl (C=O) groups is 2. The van der Waals surface area contributed by atoms with Crippen molar-refractivity contribution >= 4 is 11.9 Å². The number of hydrogen-bond acceptors (Lipinski definition) is 5. The van der Waals surface area contributed by atoms with Crippen LogP contribution in [0.25, 0.3) is 11.4 Å². The summed E-state index contributed by atoms with van der Waals surface area (Å²) >= 11 is 0. The second kappa shape index (κ2) is 7.63. The van der Waals surface area contributed by atoms with Gasteiger partial charge in [-0.15, -0.1) is 10.2 Å². The van der Waals surface area contributed by atoms with Crippen molar-refractivity contribution in [2.75, 3.05) is 13.1 Å². The summed E-state index contributed by atoms with van der Waals surface area (Å²) in [4.78, 5) is 27.3. The summed E-state index contributed by atoms with van der Waals surface area (Å²) in [6, 6.07) is 8.85. The molecule has 8 heteroatoms. The second-order valence-electron chi connectivity index (χ2n) is 6.95. The van der Waals surface area contributed by atoms with Crippen LogP contribution in [-0.4, -0.2) is 55.2 Å². The predicted octanol–water partition coefficient (Wildman–Crippen LogP) is 1.86. The first-order valence-corrected chi connectivity index (χ1v) is 8.84. The molecule has 1 fully saturated rings. The number of likely N-dealkylation sites (tertiary alicyclic amines) is 1. The zero-order chi connectivity index (χ0) is 18.7. The van der Waals surface area contributed by atoms with Gasteiger partial charge in [0, 0.05) is 18.7 Å². The third kappa shape index (κ3) is 3.74. The average molecular weight is 357 g/mol.